The van der Waals surface area contributed by atoms with E-state index in [0.717, 1.165) is 27.2 Å². The number of para-hydroxylation sites is 1. The first-order valence-electron chi connectivity index (χ1n) is 18.0. The average Bonchev–Trinajstić information content (AvgIpc) is 3.51. The molecule has 7 N–H and O–H groups in total. The molecule has 4 rings (SSSR count). The highest BCUT2D eigenvalue weighted by atomic mass is 16.6. The van der Waals surface area contributed by atoms with Crippen molar-refractivity contribution in [3.63, 3.8) is 0 Å². The number of likely N-dealkylation sites (N-methyl/N-ethyl adjacent to an activating group) is 1. The Hall–Kier alpha value is -5.92. The molecule has 4 atom stereocenters. The minimum atomic E-state index is -1.61. The van der Waals surface area contributed by atoms with Crippen molar-refractivity contribution in [3.8, 4) is 0 Å². The molecule has 0 radical (unpaired) electrons. The number of aliphatic carboxylic acids is 1. The van der Waals surface area contributed by atoms with Crippen molar-refractivity contribution < 1.29 is 38.6 Å². The number of unbranched alkanes of at least 4 members (excludes halogenated alkanes) is 1. The number of hydrogen-bond acceptors (Lipinski definition) is 7. The number of ether oxygens (including phenoxy) is 1. The van der Waals surface area contributed by atoms with Crippen LogP contribution in [-0.2, 0) is 41.6 Å². The lowest BCUT2D eigenvalue weighted by Gasteiger charge is -2.32. The number of benzene rings is 3. The second-order valence-corrected chi connectivity index (χ2v) is 14.4. The van der Waals surface area contributed by atoms with Gasteiger partial charge in [0.2, 0.25) is 23.6 Å². The van der Waals surface area contributed by atoms with Gasteiger partial charge in [0.15, 0.2) is 0 Å². The van der Waals surface area contributed by atoms with Crippen LogP contribution in [0.3, 0.4) is 0 Å². The van der Waals surface area contributed by atoms with Crippen molar-refractivity contribution in [3.05, 3.63) is 84.1 Å². The molecule has 0 fully saturated rings. The van der Waals surface area contributed by atoms with E-state index in [0.29, 0.717) is 18.4 Å². The molecule has 14 nitrogen and oxygen atoms in total. The van der Waals surface area contributed by atoms with Crippen molar-refractivity contribution in [2.24, 2.45) is 5.73 Å². The highest BCUT2D eigenvalue weighted by Crippen LogP contribution is 2.21. The summed E-state index contributed by atoms with van der Waals surface area (Å²) in [7, 11) is 1.42. The summed E-state index contributed by atoms with van der Waals surface area (Å²) in [5, 5.41) is 20.1. The van der Waals surface area contributed by atoms with Crippen LogP contribution in [0.4, 0.5) is 4.79 Å². The summed E-state index contributed by atoms with van der Waals surface area (Å²) in [4.78, 5) is 83.5. The van der Waals surface area contributed by atoms with E-state index in [2.05, 4.69) is 20.9 Å². The van der Waals surface area contributed by atoms with E-state index in [4.69, 9.17) is 10.5 Å². The molecule has 14 heteroatoms. The number of H-pyrrole nitrogens is 1. The molecule has 0 bridgehead atoms. The topological polar surface area (TPSA) is 213 Å². The van der Waals surface area contributed by atoms with E-state index in [1.807, 2.05) is 67.6 Å². The lowest BCUT2D eigenvalue weighted by atomic mass is 10.0. The van der Waals surface area contributed by atoms with Crippen molar-refractivity contribution in [2.45, 2.75) is 96.0 Å². The van der Waals surface area contributed by atoms with Crippen LogP contribution >= 0.6 is 0 Å². The summed E-state index contributed by atoms with van der Waals surface area (Å²) in [5.41, 5.74) is 7.09. The van der Waals surface area contributed by atoms with E-state index >= 15 is 0 Å². The first-order valence-corrected chi connectivity index (χ1v) is 18.0. The Kier molecular flexibility index (Phi) is 13.8. The Bertz CT molecular complexity index is 1990. The van der Waals surface area contributed by atoms with Gasteiger partial charge >= 0.3 is 12.1 Å². The number of carboxylic acid groups (broad SMARTS) is 1. The fraction of sp³-hybridized carbons (Fsp3) is 0.400. The van der Waals surface area contributed by atoms with Crippen molar-refractivity contribution >= 4 is 57.4 Å². The number of nitrogens with one attached hydrogen (secondary N) is 4. The number of carbonyl (C=O) groups excluding carboxylic acids is 5. The minimum Gasteiger partial charge on any atom is -0.481 e. The SMILES string of the molecule is CCCC[C@@H](C(=O)N[C@@H](CC(=O)O)C(=O)N[C@@H](Cc1ccc2ccccc2c1)C(N)=O)N(C)C(=O)[C@H](Cc1c[nH]c2ccccc12)NC(=O)OC(C)(C)C. The highest BCUT2D eigenvalue weighted by molar-refractivity contribution is 5.97. The van der Waals surface area contributed by atoms with Gasteiger partial charge in [-0.3, -0.25) is 24.0 Å². The molecule has 5 amide bonds. The number of rotatable bonds is 17. The van der Waals surface area contributed by atoms with Gasteiger partial charge < -0.3 is 41.4 Å². The third-order valence-electron chi connectivity index (χ3n) is 8.96. The Morgan fingerprint density at radius 2 is 1.52 bits per heavy atom. The van der Waals surface area contributed by atoms with E-state index in [1.165, 1.54) is 11.9 Å². The molecule has 0 unspecified atom stereocenters. The number of fused-ring (bicyclic) bond motifs is 2. The van der Waals surface area contributed by atoms with Crippen LogP contribution in [0.2, 0.25) is 0 Å². The van der Waals surface area contributed by atoms with Gasteiger partial charge in [0.25, 0.3) is 0 Å². The largest absolute Gasteiger partial charge is 0.481 e. The molecular weight excluding hydrogens is 692 g/mol. The number of alkyl carbamates (subject to hydrolysis) is 1. The predicted molar refractivity (Wildman–Crippen MR) is 204 cm³/mol. The number of nitrogens with zero attached hydrogens (tertiary/aromatic N) is 1. The van der Waals surface area contributed by atoms with Gasteiger partial charge in [0, 0.05) is 37.0 Å². The lowest BCUT2D eigenvalue weighted by Crippen LogP contribution is -2.59. The van der Waals surface area contributed by atoms with Gasteiger partial charge in [-0.15, -0.1) is 0 Å². The third kappa shape index (κ3) is 11.3. The molecular formula is C40H50N6O8. The van der Waals surface area contributed by atoms with Gasteiger partial charge in [-0.05, 0) is 55.2 Å². The van der Waals surface area contributed by atoms with Crippen LogP contribution < -0.4 is 21.7 Å². The maximum atomic E-state index is 14.2. The molecule has 0 aliphatic rings. The van der Waals surface area contributed by atoms with Crippen molar-refractivity contribution in [1.29, 1.82) is 0 Å². The first-order chi connectivity index (χ1) is 25.6. The van der Waals surface area contributed by atoms with Crippen LogP contribution in [0.15, 0.2) is 72.9 Å². The number of aromatic nitrogens is 1. The zero-order valence-corrected chi connectivity index (χ0v) is 31.3. The maximum absolute atomic E-state index is 14.2. The number of nitrogens with two attached hydrogens (primary N) is 1. The van der Waals surface area contributed by atoms with Crippen LogP contribution in [0, 0.1) is 0 Å². The second-order valence-electron chi connectivity index (χ2n) is 14.4. The van der Waals surface area contributed by atoms with Crippen LogP contribution in [0.25, 0.3) is 21.7 Å². The lowest BCUT2D eigenvalue weighted by molar-refractivity contribution is -0.144. The molecule has 0 saturated heterocycles. The fourth-order valence-corrected chi connectivity index (χ4v) is 6.22. The van der Waals surface area contributed by atoms with Crippen LogP contribution in [-0.4, -0.2) is 87.5 Å². The van der Waals surface area contributed by atoms with Gasteiger partial charge in [-0.2, -0.15) is 0 Å². The molecule has 4 aromatic rings. The molecule has 0 aliphatic carbocycles. The number of primary amides is 1. The van der Waals surface area contributed by atoms with Crippen molar-refractivity contribution in [2.75, 3.05) is 7.05 Å². The number of aromatic amines is 1. The third-order valence-corrected chi connectivity index (χ3v) is 8.96. The number of hydrogen-bond donors (Lipinski definition) is 6. The summed E-state index contributed by atoms with van der Waals surface area (Å²) in [6.07, 6.45) is 1.54. The standard InChI is InChI=1S/C40H50N6O8/c1-6-7-16-33(46(5)38(52)32(45-39(53)54-40(2,3)4)21-27-23-42-29-15-11-10-14-28(27)29)37(51)44-31(22-34(47)48)36(50)43-30(35(41)49)20-24-17-18-25-12-8-9-13-26(25)19-24/h8-15,17-19,23,30-33,42H,6-7,16,20-22H2,1-5H3,(H2,41,49)(H,43,50)(H,44,51)(H,45,53)(H,47,48)/t30-,31-,32-,33-/m0/s1. The molecule has 3 aromatic carbocycles. The Morgan fingerprint density at radius 3 is 2.19 bits per heavy atom. The summed E-state index contributed by atoms with van der Waals surface area (Å²) in [6, 6.07) is 15.5. The molecule has 1 aromatic heterocycles. The number of carboxylic acids is 1. The summed E-state index contributed by atoms with van der Waals surface area (Å²) in [6.45, 7) is 6.98. The smallest absolute Gasteiger partial charge is 0.408 e. The van der Waals surface area contributed by atoms with Crippen LogP contribution in [0.5, 0.6) is 0 Å². The summed E-state index contributed by atoms with van der Waals surface area (Å²) in [5.74, 6) is -4.54. The summed E-state index contributed by atoms with van der Waals surface area (Å²) >= 11 is 0. The van der Waals surface area contributed by atoms with Crippen molar-refractivity contribution in [1.82, 2.24) is 25.8 Å². The maximum Gasteiger partial charge on any atom is 0.408 e. The fourth-order valence-electron chi connectivity index (χ4n) is 6.22. The second kappa shape index (κ2) is 18.2. The van der Waals surface area contributed by atoms with E-state index in [-0.39, 0.29) is 19.3 Å². The van der Waals surface area contributed by atoms with Crippen LogP contribution in [0.1, 0.15) is 64.5 Å². The van der Waals surface area contributed by atoms with E-state index in [9.17, 15) is 33.9 Å². The van der Waals surface area contributed by atoms with Gasteiger partial charge in [-0.1, -0.05) is 80.4 Å². The minimum absolute atomic E-state index is 0.0263. The number of carbonyl (C=O) groups is 6. The molecule has 1 heterocycles. The highest BCUT2D eigenvalue weighted by Gasteiger charge is 2.36. The quantitative estimate of drug-likeness (QED) is 0.0930. The van der Waals surface area contributed by atoms with E-state index in [1.54, 1.807) is 33.0 Å². The monoisotopic (exact) mass is 742 g/mol. The average molecular weight is 743 g/mol. The Balaban J connectivity index is 1.56. The molecule has 0 spiro atoms. The first kappa shape index (κ1) is 40.8. The molecule has 0 saturated carbocycles. The normalized spacial score (nSPS) is 13.6. The zero-order chi connectivity index (χ0) is 39.6. The van der Waals surface area contributed by atoms with Gasteiger partial charge in [0.05, 0.1) is 6.42 Å². The Labute approximate surface area is 314 Å². The zero-order valence-electron chi connectivity index (χ0n) is 31.3. The molecule has 54 heavy (non-hydrogen) atoms. The Morgan fingerprint density at radius 1 is 0.852 bits per heavy atom. The number of amides is 5. The van der Waals surface area contributed by atoms with E-state index < -0.39 is 71.9 Å². The molecule has 288 valence electrons. The molecule has 0 aliphatic heterocycles. The van der Waals surface area contributed by atoms with Gasteiger partial charge in [-0.25, -0.2) is 4.79 Å². The summed E-state index contributed by atoms with van der Waals surface area (Å²) < 4.78 is 5.46. The van der Waals surface area contributed by atoms with Gasteiger partial charge in [0.1, 0.15) is 29.8 Å². The predicted octanol–water partition coefficient (Wildman–Crippen LogP) is 3.95.